The Labute approximate surface area is 195 Å². The molecule has 0 bridgehead atoms. The second-order valence-corrected chi connectivity index (χ2v) is 7.64. The first kappa shape index (κ1) is 22.8. The van der Waals surface area contributed by atoms with Gasteiger partial charge in [-0.1, -0.05) is 24.8 Å². The van der Waals surface area contributed by atoms with E-state index in [1.165, 1.54) is 6.08 Å². The van der Waals surface area contributed by atoms with E-state index in [0.29, 0.717) is 36.8 Å². The van der Waals surface area contributed by atoms with E-state index in [0.717, 1.165) is 6.07 Å². The Morgan fingerprint density at radius 3 is 2.38 bits per heavy atom. The van der Waals surface area contributed by atoms with Crippen LogP contribution in [0.5, 0.6) is 23.1 Å². The number of primary amides is 1. The number of halogens is 1. The molecule has 3 aromatic rings. The van der Waals surface area contributed by atoms with Crippen LogP contribution in [0, 0.1) is 5.82 Å². The molecule has 1 saturated heterocycles. The molecule has 8 nitrogen and oxygen atoms in total. The number of anilines is 1. The third-order valence-corrected chi connectivity index (χ3v) is 5.22. The van der Waals surface area contributed by atoms with E-state index in [9.17, 15) is 14.0 Å². The van der Waals surface area contributed by atoms with Crippen molar-refractivity contribution in [1.29, 1.82) is 0 Å². The summed E-state index contributed by atoms with van der Waals surface area (Å²) in [6, 6.07) is 16.8. The van der Waals surface area contributed by atoms with Gasteiger partial charge >= 0.3 is 0 Å². The Hall–Kier alpha value is -4.40. The van der Waals surface area contributed by atoms with Crippen LogP contribution >= 0.6 is 0 Å². The third-order valence-electron chi connectivity index (χ3n) is 5.22. The fourth-order valence-electron chi connectivity index (χ4n) is 3.58. The maximum absolute atomic E-state index is 14.8. The summed E-state index contributed by atoms with van der Waals surface area (Å²) in [4.78, 5) is 29.4. The van der Waals surface area contributed by atoms with Crippen molar-refractivity contribution in [2.24, 2.45) is 5.73 Å². The van der Waals surface area contributed by atoms with Gasteiger partial charge in [0.2, 0.25) is 11.8 Å². The van der Waals surface area contributed by atoms with Gasteiger partial charge < -0.3 is 25.4 Å². The number of benzene rings is 2. The van der Waals surface area contributed by atoms with Gasteiger partial charge in [0.15, 0.2) is 11.6 Å². The van der Waals surface area contributed by atoms with E-state index < -0.39 is 11.7 Å². The minimum atomic E-state index is -0.866. The van der Waals surface area contributed by atoms with Crippen LogP contribution < -0.4 is 25.4 Å². The normalized spacial score (nSPS) is 15.0. The van der Waals surface area contributed by atoms with Crippen molar-refractivity contribution in [1.82, 2.24) is 10.3 Å². The summed E-state index contributed by atoms with van der Waals surface area (Å²) in [5, 5.41) is 2.79. The van der Waals surface area contributed by atoms with Gasteiger partial charge in [0.25, 0.3) is 5.91 Å². The Morgan fingerprint density at radius 2 is 1.74 bits per heavy atom. The molecule has 1 aliphatic heterocycles. The van der Waals surface area contributed by atoms with E-state index in [1.54, 1.807) is 29.2 Å². The standard InChI is InChI=1S/C25H23FN4O4/c1-2-22(31)28-16-12-13-30(15-16)24-21(26)14-20(23(27)32)25(29-24)34-19-10-8-18(9-11-19)33-17-6-4-3-5-7-17/h2-11,14,16H,1,12-13,15H2,(H2,27,32)(H,28,31). The molecule has 1 unspecified atom stereocenters. The highest BCUT2D eigenvalue weighted by Crippen LogP contribution is 2.31. The summed E-state index contributed by atoms with van der Waals surface area (Å²) < 4.78 is 26.4. The highest BCUT2D eigenvalue weighted by atomic mass is 19.1. The molecule has 1 atom stereocenters. The number of pyridine rings is 1. The number of nitrogens with zero attached hydrogens (tertiary/aromatic N) is 2. The molecule has 1 aliphatic rings. The molecule has 34 heavy (non-hydrogen) atoms. The number of hydrogen-bond donors (Lipinski definition) is 2. The number of nitrogens with one attached hydrogen (secondary N) is 1. The molecule has 0 spiro atoms. The summed E-state index contributed by atoms with van der Waals surface area (Å²) in [5.41, 5.74) is 5.25. The molecule has 174 valence electrons. The van der Waals surface area contributed by atoms with Crippen LogP contribution in [0.4, 0.5) is 10.2 Å². The van der Waals surface area contributed by atoms with Crippen molar-refractivity contribution in [2.75, 3.05) is 18.0 Å². The summed E-state index contributed by atoms with van der Waals surface area (Å²) in [7, 11) is 0. The largest absolute Gasteiger partial charge is 0.457 e. The number of carbonyl (C=O) groups is 2. The number of amides is 2. The van der Waals surface area contributed by atoms with Gasteiger partial charge in [-0.3, -0.25) is 9.59 Å². The van der Waals surface area contributed by atoms with Gasteiger partial charge in [-0.2, -0.15) is 4.98 Å². The van der Waals surface area contributed by atoms with Crippen molar-refractivity contribution in [3.05, 3.63) is 84.7 Å². The Morgan fingerprint density at radius 1 is 1.09 bits per heavy atom. The fourth-order valence-corrected chi connectivity index (χ4v) is 3.58. The maximum atomic E-state index is 14.8. The van der Waals surface area contributed by atoms with Crippen LogP contribution in [0.3, 0.4) is 0 Å². The van der Waals surface area contributed by atoms with Gasteiger partial charge in [0, 0.05) is 19.1 Å². The molecule has 2 heterocycles. The number of rotatable bonds is 8. The van der Waals surface area contributed by atoms with E-state index in [2.05, 4.69) is 16.9 Å². The van der Waals surface area contributed by atoms with E-state index in [4.69, 9.17) is 15.2 Å². The number of hydrogen-bond acceptors (Lipinski definition) is 6. The van der Waals surface area contributed by atoms with Crippen molar-refractivity contribution in [3.63, 3.8) is 0 Å². The van der Waals surface area contributed by atoms with E-state index >= 15 is 0 Å². The first-order valence-electron chi connectivity index (χ1n) is 10.6. The molecule has 1 fully saturated rings. The topological polar surface area (TPSA) is 107 Å². The second kappa shape index (κ2) is 10.0. The zero-order chi connectivity index (χ0) is 24.1. The van der Waals surface area contributed by atoms with Crippen LogP contribution in [0.2, 0.25) is 0 Å². The van der Waals surface area contributed by atoms with Gasteiger partial charge in [-0.05, 0) is 55.0 Å². The monoisotopic (exact) mass is 462 g/mol. The van der Waals surface area contributed by atoms with Gasteiger partial charge in [-0.15, -0.1) is 0 Å². The predicted octanol–water partition coefficient (Wildman–Crippen LogP) is 3.79. The van der Waals surface area contributed by atoms with E-state index in [-0.39, 0.29) is 29.2 Å². The highest BCUT2D eigenvalue weighted by molar-refractivity contribution is 5.95. The second-order valence-electron chi connectivity index (χ2n) is 7.64. The molecule has 0 saturated carbocycles. The summed E-state index contributed by atoms with van der Waals surface area (Å²) >= 11 is 0. The van der Waals surface area contributed by atoms with Crippen LogP contribution in [-0.2, 0) is 4.79 Å². The number of aromatic nitrogens is 1. The molecule has 1 aromatic heterocycles. The number of carbonyl (C=O) groups excluding carboxylic acids is 2. The summed E-state index contributed by atoms with van der Waals surface area (Å²) in [6.07, 6.45) is 1.79. The first-order chi connectivity index (χ1) is 16.4. The lowest BCUT2D eigenvalue weighted by Gasteiger charge is -2.20. The van der Waals surface area contributed by atoms with Crippen LogP contribution in [0.15, 0.2) is 73.3 Å². The minimum Gasteiger partial charge on any atom is -0.457 e. The third kappa shape index (κ3) is 5.32. The van der Waals surface area contributed by atoms with Crippen LogP contribution in [-0.4, -0.2) is 35.9 Å². The summed E-state index contributed by atoms with van der Waals surface area (Å²) in [6.45, 7) is 4.25. The molecule has 0 radical (unpaired) electrons. The van der Waals surface area contributed by atoms with Crippen molar-refractivity contribution >= 4 is 17.6 Å². The molecule has 2 aromatic carbocycles. The molecule has 0 aliphatic carbocycles. The highest BCUT2D eigenvalue weighted by Gasteiger charge is 2.28. The van der Waals surface area contributed by atoms with Gasteiger partial charge in [0.05, 0.1) is 0 Å². The lowest BCUT2D eigenvalue weighted by atomic mass is 10.2. The van der Waals surface area contributed by atoms with Crippen LogP contribution in [0.1, 0.15) is 16.8 Å². The maximum Gasteiger partial charge on any atom is 0.254 e. The molecular weight excluding hydrogens is 439 g/mol. The molecule has 3 N–H and O–H groups in total. The fraction of sp³-hybridized carbons (Fsp3) is 0.160. The lowest BCUT2D eigenvalue weighted by Crippen LogP contribution is -2.36. The number of nitrogens with two attached hydrogens (primary N) is 1. The van der Waals surface area contributed by atoms with E-state index in [1.807, 2.05) is 30.3 Å². The minimum absolute atomic E-state index is 0.0133. The van der Waals surface area contributed by atoms with Crippen molar-refractivity contribution < 1.29 is 23.5 Å². The Kier molecular flexibility index (Phi) is 6.72. The lowest BCUT2D eigenvalue weighted by molar-refractivity contribution is -0.117. The summed E-state index contributed by atoms with van der Waals surface area (Å²) in [5.74, 6) is -0.327. The first-order valence-corrected chi connectivity index (χ1v) is 10.6. The average Bonchev–Trinajstić information content (AvgIpc) is 3.29. The predicted molar refractivity (Wildman–Crippen MR) is 125 cm³/mol. The zero-order valence-corrected chi connectivity index (χ0v) is 18.2. The molecule has 2 amide bonds. The zero-order valence-electron chi connectivity index (χ0n) is 18.2. The van der Waals surface area contributed by atoms with Crippen molar-refractivity contribution in [3.8, 4) is 23.1 Å². The quantitative estimate of drug-likeness (QED) is 0.494. The SMILES string of the molecule is C=CC(=O)NC1CCN(c2nc(Oc3ccc(Oc4ccccc4)cc3)c(C(N)=O)cc2F)C1. The number of ether oxygens (including phenoxy) is 2. The Balaban J connectivity index is 1.53. The molecular formula is C25H23FN4O4. The van der Waals surface area contributed by atoms with Gasteiger partial charge in [0.1, 0.15) is 22.8 Å². The van der Waals surface area contributed by atoms with Crippen LogP contribution in [0.25, 0.3) is 0 Å². The number of para-hydroxylation sites is 1. The Bertz CT molecular complexity index is 1200. The smallest absolute Gasteiger partial charge is 0.254 e. The average molecular weight is 462 g/mol. The molecule has 4 rings (SSSR count). The van der Waals surface area contributed by atoms with Gasteiger partial charge in [-0.25, -0.2) is 4.39 Å². The molecule has 9 heteroatoms. The van der Waals surface area contributed by atoms with Crippen molar-refractivity contribution in [2.45, 2.75) is 12.5 Å².